The van der Waals surface area contributed by atoms with Gasteiger partial charge >= 0.3 is 5.97 Å². The molecule has 0 aliphatic rings. The van der Waals surface area contributed by atoms with Gasteiger partial charge in [-0.1, -0.05) is 139 Å². The lowest BCUT2D eigenvalue weighted by molar-refractivity contribution is -0.149. The van der Waals surface area contributed by atoms with Gasteiger partial charge in [0, 0.05) is 13.0 Å². The maximum absolute atomic E-state index is 12.1. The monoisotopic (exact) mass is 629 g/mol. The number of aliphatic hydroxyl groups is 1. The maximum atomic E-state index is 12.1. The van der Waals surface area contributed by atoms with Crippen molar-refractivity contribution in [2.24, 2.45) is 0 Å². The second-order valence-corrected chi connectivity index (χ2v) is 12.3. The van der Waals surface area contributed by atoms with Crippen LogP contribution in [0.2, 0.25) is 0 Å². The minimum atomic E-state index is -0.431. The predicted octanol–water partition coefficient (Wildman–Crippen LogP) is 12.1. The Bertz CT molecular complexity index is 749. The molecular formula is C41H72O4. The van der Waals surface area contributed by atoms with Crippen molar-refractivity contribution in [1.82, 2.24) is 0 Å². The number of ether oxygens (including phenoxy) is 2. The number of hydrogen-bond donors (Lipinski definition) is 1. The molecule has 0 saturated carbocycles. The predicted molar refractivity (Wildman–Crippen MR) is 196 cm³/mol. The first-order valence-corrected chi connectivity index (χ1v) is 18.9. The molecule has 0 aromatic rings. The van der Waals surface area contributed by atoms with Crippen LogP contribution >= 0.6 is 0 Å². The van der Waals surface area contributed by atoms with Gasteiger partial charge in [0.05, 0.1) is 6.61 Å². The number of esters is 1. The van der Waals surface area contributed by atoms with Crippen molar-refractivity contribution in [1.29, 1.82) is 0 Å². The van der Waals surface area contributed by atoms with Gasteiger partial charge in [-0.2, -0.15) is 0 Å². The fourth-order valence-corrected chi connectivity index (χ4v) is 4.93. The van der Waals surface area contributed by atoms with Crippen LogP contribution in [0.4, 0.5) is 0 Å². The van der Waals surface area contributed by atoms with Crippen LogP contribution in [0.25, 0.3) is 0 Å². The van der Waals surface area contributed by atoms with E-state index in [4.69, 9.17) is 9.47 Å². The molecule has 0 fully saturated rings. The smallest absolute Gasteiger partial charge is 0.305 e. The summed E-state index contributed by atoms with van der Waals surface area (Å²) in [6.45, 7) is 5.09. The van der Waals surface area contributed by atoms with E-state index in [1.54, 1.807) is 0 Å². The van der Waals surface area contributed by atoms with E-state index >= 15 is 0 Å². The minimum absolute atomic E-state index is 0.127. The minimum Gasteiger partial charge on any atom is -0.463 e. The summed E-state index contributed by atoms with van der Waals surface area (Å²) in [5.41, 5.74) is 0. The highest BCUT2D eigenvalue weighted by Crippen LogP contribution is 2.11. The summed E-state index contributed by atoms with van der Waals surface area (Å²) in [5.74, 6) is -0.185. The molecule has 0 aliphatic heterocycles. The Kier molecular flexibility index (Phi) is 36.6. The average Bonchev–Trinajstić information content (AvgIpc) is 3.05. The summed E-state index contributed by atoms with van der Waals surface area (Å²) in [6.07, 6.45) is 49.9. The second-order valence-electron chi connectivity index (χ2n) is 12.3. The molecule has 4 nitrogen and oxygen atoms in total. The zero-order valence-electron chi connectivity index (χ0n) is 29.6. The van der Waals surface area contributed by atoms with Gasteiger partial charge in [0.25, 0.3) is 0 Å². The number of carbonyl (C=O) groups excluding carboxylic acids is 1. The Hall–Kier alpha value is -1.91. The number of rotatable bonds is 34. The maximum Gasteiger partial charge on any atom is 0.305 e. The van der Waals surface area contributed by atoms with Crippen molar-refractivity contribution < 1.29 is 19.4 Å². The Morgan fingerprint density at radius 1 is 0.533 bits per heavy atom. The second kappa shape index (κ2) is 38.3. The third kappa shape index (κ3) is 36.4. The van der Waals surface area contributed by atoms with E-state index in [0.29, 0.717) is 13.0 Å². The van der Waals surface area contributed by atoms with Gasteiger partial charge < -0.3 is 14.6 Å². The third-order valence-electron chi connectivity index (χ3n) is 7.85. The molecule has 0 bridgehead atoms. The first-order valence-electron chi connectivity index (χ1n) is 18.9. The molecule has 0 amide bonds. The zero-order chi connectivity index (χ0) is 32.7. The van der Waals surface area contributed by atoms with E-state index in [1.807, 2.05) is 0 Å². The molecule has 260 valence electrons. The van der Waals surface area contributed by atoms with Crippen LogP contribution in [0, 0.1) is 0 Å². The molecule has 45 heavy (non-hydrogen) atoms. The Labute approximate surface area is 279 Å². The molecule has 0 rings (SSSR count). The lowest BCUT2D eigenvalue weighted by Crippen LogP contribution is -2.26. The van der Waals surface area contributed by atoms with Crippen molar-refractivity contribution in [3.63, 3.8) is 0 Å². The summed E-state index contributed by atoms with van der Waals surface area (Å²) in [4.78, 5) is 12.1. The highest BCUT2D eigenvalue weighted by molar-refractivity contribution is 5.69. The molecule has 0 aliphatic carbocycles. The van der Waals surface area contributed by atoms with Crippen LogP contribution in [-0.4, -0.2) is 37.0 Å². The highest BCUT2D eigenvalue weighted by atomic mass is 16.6. The molecule has 0 unspecified atom stereocenters. The van der Waals surface area contributed by atoms with E-state index in [2.05, 4.69) is 74.6 Å². The molecule has 4 heteroatoms. The quantitative estimate of drug-likeness (QED) is 0.0437. The molecular weight excluding hydrogens is 556 g/mol. The molecule has 0 saturated heterocycles. The van der Waals surface area contributed by atoms with Crippen LogP contribution in [0.3, 0.4) is 0 Å². The van der Waals surface area contributed by atoms with Crippen LogP contribution in [0.5, 0.6) is 0 Å². The Morgan fingerprint density at radius 2 is 0.933 bits per heavy atom. The largest absolute Gasteiger partial charge is 0.463 e. The van der Waals surface area contributed by atoms with Gasteiger partial charge in [-0.25, -0.2) is 0 Å². The molecule has 0 spiro atoms. The van der Waals surface area contributed by atoms with Gasteiger partial charge in [0.15, 0.2) is 0 Å². The van der Waals surface area contributed by atoms with Crippen LogP contribution < -0.4 is 0 Å². The first kappa shape index (κ1) is 43.1. The van der Waals surface area contributed by atoms with E-state index in [0.717, 1.165) is 51.4 Å². The third-order valence-corrected chi connectivity index (χ3v) is 7.85. The summed E-state index contributed by atoms with van der Waals surface area (Å²) in [7, 11) is 0. The van der Waals surface area contributed by atoms with Crippen molar-refractivity contribution >= 4 is 5.97 Å². The summed E-state index contributed by atoms with van der Waals surface area (Å²) in [5, 5.41) is 9.56. The van der Waals surface area contributed by atoms with Crippen molar-refractivity contribution in [3.8, 4) is 0 Å². The van der Waals surface area contributed by atoms with Crippen molar-refractivity contribution in [3.05, 3.63) is 60.8 Å². The van der Waals surface area contributed by atoms with E-state index in [-0.39, 0.29) is 19.2 Å². The molecule has 0 heterocycles. The van der Waals surface area contributed by atoms with Gasteiger partial charge in [-0.15, -0.1) is 0 Å². The van der Waals surface area contributed by atoms with Crippen molar-refractivity contribution in [2.45, 2.75) is 174 Å². The lowest BCUT2D eigenvalue weighted by Gasteiger charge is -2.15. The SMILES string of the molecule is CCCCC/C=C\C/C=C\C/C=C\C/C=C\CCCCO[C@@H](CO)COC(=O)CCCCCCC/C=C\CCCCCCCC. The molecule has 0 aromatic carbocycles. The molecule has 1 atom stereocenters. The standard InChI is InChI=1S/C41H72O4/c1-3-5-7-9-11-13-15-17-19-20-21-23-25-27-29-31-33-35-37-44-40(38-42)39-45-41(43)36-34-32-30-28-26-24-22-18-16-14-12-10-8-6-4-2/h11,13,17-19,21-23,27,29,40,42H,3-10,12,14-16,20,24-26,28,30-39H2,1-2H3/b13-11-,19-17-,22-18-,23-21-,29-27-/t40-/m0/s1. The van der Waals surface area contributed by atoms with E-state index in [1.165, 1.54) is 96.3 Å². The lowest BCUT2D eigenvalue weighted by atomic mass is 10.1. The number of unbranched alkanes of at least 4 members (excludes halogenated alkanes) is 16. The van der Waals surface area contributed by atoms with E-state index in [9.17, 15) is 9.90 Å². The van der Waals surface area contributed by atoms with E-state index < -0.39 is 6.10 Å². The summed E-state index contributed by atoms with van der Waals surface area (Å²) in [6, 6.07) is 0. The summed E-state index contributed by atoms with van der Waals surface area (Å²) < 4.78 is 11.1. The van der Waals surface area contributed by atoms with Gasteiger partial charge in [-0.3, -0.25) is 4.79 Å². The molecule has 1 N–H and O–H groups in total. The van der Waals surface area contributed by atoms with Gasteiger partial charge in [0.2, 0.25) is 0 Å². The van der Waals surface area contributed by atoms with Crippen LogP contribution in [0.1, 0.15) is 168 Å². The Balaban J connectivity index is 3.57. The molecule has 0 aromatic heterocycles. The fourth-order valence-electron chi connectivity index (χ4n) is 4.93. The number of allylic oxidation sites excluding steroid dienone is 10. The zero-order valence-corrected chi connectivity index (χ0v) is 29.6. The van der Waals surface area contributed by atoms with Gasteiger partial charge in [0.1, 0.15) is 12.7 Å². The topological polar surface area (TPSA) is 55.8 Å². The summed E-state index contributed by atoms with van der Waals surface area (Å²) >= 11 is 0. The van der Waals surface area contributed by atoms with Crippen molar-refractivity contribution in [2.75, 3.05) is 19.8 Å². The number of carbonyl (C=O) groups is 1. The van der Waals surface area contributed by atoms with Crippen LogP contribution in [-0.2, 0) is 14.3 Å². The van der Waals surface area contributed by atoms with Gasteiger partial charge in [-0.05, 0) is 83.5 Å². The molecule has 0 radical (unpaired) electrons. The Morgan fingerprint density at radius 3 is 1.47 bits per heavy atom. The fraction of sp³-hybridized carbons (Fsp3) is 0.732. The van der Waals surface area contributed by atoms with Crippen LogP contribution in [0.15, 0.2) is 60.8 Å². The first-order chi connectivity index (χ1) is 22.2. The average molecular weight is 629 g/mol. The normalized spacial score (nSPS) is 13.0. The highest BCUT2D eigenvalue weighted by Gasteiger charge is 2.11. The number of aliphatic hydroxyl groups excluding tert-OH is 1. The number of hydrogen-bond acceptors (Lipinski definition) is 4.